The van der Waals surface area contributed by atoms with E-state index in [9.17, 15) is 0 Å². The van der Waals surface area contributed by atoms with Gasteiger partial charge in [-0.15, -0.1) is 0 Å². The van der Waals surface area contributed by atoms with E-state index in [2.05, 4.69) is 16.0 Å². The monoisotopic (exact) mass is 278 g/mol. The summed E-state index contributed by atoms with van der Waals surface area (Å²) in [6.07, 6.45) is 0. The number of aryl methyl sites for hydroxylation is 1. The first-order valence-corrected chi connectivity index (χ1v) is 6.87. The molecule has 110 valence electrons. The predicted molar refractivity (Wildman–Crippen MR) is 76.7 cm³/mol. The Morgan fingerprint density at radius 3 is 2.25 bits per heavy atom. The Morgan fingerprint density at radius 2 is 1.75 bits per heavy atom. The van der Waals surface area contributed by atoms with Crippen molar-refractivity contribution >= 4 is 5.95 Å². The van der Waals surface area contributed by atoms with Gasteiger partial charge in [0.1, 0.15) is 11.8 Å². The van der Waals surface area contributed by atoms with Crippen LogP contribution in [-0.2, 0) is 9.47 Å². The molecule has 0 saturated carbocycles. The molecule has 0 atom stereocenters. The smallest absolute Gasteiger partial charge is 0.226 e. The largest absolute Gasteiger partial charge is 0.380 e. The van der Waals surface area contributed by atoms with Gasteiger partial charge in [0, 0.05) is 32.0 Å². The highest BCUT2D eigenvalue weighted by Gasteiger charge is 2.11. The molecule has 0 saturated heterocycles. The minimum absolute atomic E-state index is 0.380. The number of aromatic nitrogens is 2. The molecule has 0 amide bonds. The Hall–Kier alpha value is -1.71. The normalized spacial score (nSPS) is 10.3. The van der Waals surface area contributed by atoms with Crippen molar-refractivity contribution in [2.45, 2.75) is 20.8 Å². The molecule has 0 aliphatic rings. The molecule has 0 unspecified atom stereocenters. The van der Waals surface area contributed by atoms with E-state index in [1.807, 2.05) is 25.7 Å². The van der Waals surface area contributed by atoms with Gasteiger partial charge < -0.3 is 14.4 Å². The average molecular weight is 278 g/mol. The number of hydrogen-bond acceptors (Lipinski definition) is 6. The molecule has 0 N–H and O–H groups in total. The minimum Gasteiger partial charge on any atom is -0.380 e. The molecule has 1 rings (SSSR count). The molecule has 0 spiro atoms. The number of anilines is 1. The molecule has 0 radical (unpaired) electrons. The quantitative estimate of drug-likeness (QED) is 0.638. The highest BCUT2D eigenvalue weighted by Crippen LogP contribution is 2.10. The number of rotatable bonds is 9. The van der Waals surface area contributed by atoms with Gasteiger partial charge in [-0.2, -0.15) is 5.26 Å². The Balaban J connectivity index is 2.79. The fourth-order valence-electron chi connectivity index (χ4n) is 1.70. The van der Waals surface area contributed by atoms with E-state index in [0.717, 1.165) is 5.69 Å². The number of hydrogen-bond donors (Lipinski definition) is 0. The van der Waals surface area contributed by atoms with E-state index in [1.54, 1.807) is 6.07 Å². The topological polar surface area (TPSA) is 71.3 Å². The van der Waals surface area contributed by atoms with E-state index in [1.165, 1.54) is 0 Å². The van der Waals surface area contributed by atoms with Crippen LogP contribution in [0.1, 0.15) is 25.2 Å². The third-order valence-electron chi connectivity index (χ3n) is 2.66. The Kier molecular flexibility index (Phi) is 7.55. The summed E-state index contributed by atoms with van der Waals surface area (Å²) in [5, 5.41) is 8.99. The molecule has 1 aromatic heterocycles. The van der Waals surface area contributed by atoms with E-state index in [4.69, 9.17) is 14.7 Å². The van der Waals surface area contributed by atoms with E-state index >= 15 is 0 Å². The molecule has 6 nitrogen and oxygen atoms in total. The van der Waals surface area contributed by atoms with E-state index < -0.39 is 0 Å². The first kappa shape index (κ1) is 16.3. The van der Waals surface area contributed by atoms with Gasteiger partial charge in [0.05, 0.1) is 13.2 Å². The van der Waals surface area contributed by atoms with Crippen LogP contribution >= 0.6 is 0 Å². The van der Waals surface area contributed by atoms with E-state index in [-0.39, 0.29) is 0 Å². The van der Waals surface area contributed by atoms with Crippen LogP contribution in [0.25, 0.3) is 0 Å². The highest BCUT2D eigenvalue weighted by molar-refractivity contribution is 5.35. The maximum absolute atomic E-state index is 8.99. The van der Waals surface area contributed by atoms with Crippen LogP contribution in [-0.4, -0.2) is 49.5 Å². The lowest BCUT2D eigenvalue weighted by Gasteiger charge is -2.22. The van der Waals surface area contributed by atoms with Crippen molar-refractivity contribution in [2.24, 2.45) is 0 Å². The molecule has 0 aliphatic carbocycles. The van der Waals surface area contributed by atoms with Crippen molar-refractivity contribution in [1.29, 1.82) is 5.26 Å². The summed E-state index contributed by atoms with van der Waals surface area (Å²) in [5.74, 6) is 0.556. The lowest BCUT2D eigenvalue weighted by Crippen LogP contribution is -2.33. The van der Waals surface area contributed by atoms with Crippen LogP contribution in [0.15, 0.2) is 6.07 Å². The zero-order chi connectivity index (χ0) is 14.8. The maximum atomic E-state index is 8.99. The summed E-state index contributed by atoms with van der Waals surface area (Å²) in [7, 11) is 0. The van der Waals surface area contributed by atoms with Gasteiger partial charge in [0.15, 0.2) is 0 Å². The summed E-state index contributed by atoms with van der Waals surface area (Å²) < 4.78 is 10.8. The van der Waals surface area contributed by atoms with E-state index in [0.29, 0.717) is 51.2 Å². The van der Waals surface area contributed by atoms with Crippen molar-refractivity contribution in [1.82, 2.24) is 9.97 Å². The summed E-state index contributed by atoms with van der Waals surface area (Å²) in [6, 6.07) is 3.73. The van der Waals surface area contributed by atoms with Crippen LogP contribution in [0, 0.1) is 18.3 Å². The molecular weight excluding hydrogens is 256 g/mol. The fraction of sp³-hybridized carbons (Fsp3) is 0.643. The molecular formula is C14H22N4O2. The van der Waals surface area contributed by atoms with Crippen molar-refractivity contribution in [3.63, 3.8) is 0 Å². The molecule has 20 heavy (non-hydrogen) atoms. The summed E-state index contributed by atoms with van der Waals surface area (Å²) >= 11 is 0. The van der Waals surface area contributed by atoms with Crippen LogP contribution in [0.4, 0.5) is 5.95 Å². The Morgan fingerprint density at radius 1 is 1.15 bits per heavy atom. The first-order chi connectivity index (χ1) is 9.71. The van der Waals surface area contributed by atoms with Crippen molar-refractivity contribution in [3.8, 4) is 6.07 Å². The standard InChI is InChI=1S/C14H22N4O2/c1-4-19-8-6-18(7-9-20-5-2)14-16-12(3)10-13(11-15)17-14/h10H,4-9H2,1-3H3. The molecule has 0 aliphatic heterocycles. The highest BCUT2D eigenvalue weighted by atomic mass is 16.5. The summed E-state index contributed by atoms with van der Waals surface area (Å²) in [5.41, 5.74) is 1.16. The third kappa shape index (κ3) is 5.51. The third-order valence-corrected chi connectivity index (χ3v) is 2.66. The van der Waals surface area contributed by atoms with Gasteiger partial charge >= 0.3 is 0 Å². The molecule has 0 aromatic carbocycles. The SMILES string of the molecule is CCOCCN(CCOCC)c1nc(C)cc(C#N)n1. The number of nitriles is 1. The minimum atomic E-state index is 0.380. The van der Waals surface area contributed by atoms with Gasteiger partial charge in [-0.25, -0.2) is 9.97 Å². The van der Waals surface area contributed by atoms with Crippen LogP contribution in [0.2, 0.25) is 0 Å². The van der Waals surface area contributed by atoms with Crippen molar-refractivity contribution in [3.05, 3.63) is 17.5 Å². The van der Waals surface area contributed by atoms with Gasteiger partial charge in [0.2, 0.25) is 5.95 Å². The second-order valence-electron chi connectivity index (χ2n) is 4.19. The molecule has 0 bridgehead atoms. The lowest BCUT2D eigenvalue weighted by atomic mass is 10.3. The Labute approximate surface area is 120 Å². The zero-order valence-electron chi connectivity index (χ0n) is 12.4. The van der Waals surface area contributed by atoms with Crippen molar-refractivity contribution < 1.29 is 9.47 Å². The lowest BCUT2D eigenvalue weighted by molar-refractivity contribution is 0.141. The molecule has 0 fully saturated rings. The second-order valence-corrected chi connectivity index (χ2v) is 4.19. The number of ether oxygens (including phenoxy) is 2. The average Bonchev–Trinajstić information content (AvgIpc) is 2.45. The first-order valence-electron chi connectivity index (χ1n) is 6.87. The van der Waals surface area contributed by atoms with Gasteiger partial charge in [-0.3, -0.25) is 0 Å². The Bertz CT molecular complexity index is 435. The second kappa shape index (κ2) is 9.23. The fourth-order valence-corrected chi connectivity index (χ4v) is 1.70. The van der Waals surface area contributed by atoms with Crippen molar-refractivity contribution in [2.75, 3.05) is 44.4 Å². The summed E-state index contributed by atoms with van der Waals surface area (Å²) in [4.78, 5) is 10.6. The molecule has 1 aromatic rings. The predicted octanol–water partition coefficient (Wildman–Crippen LogP) is 1.54. The van der Waals surface area contributed by atoms with Crippen LogP contribution in [0.5, 0.6) is 0 Å². The van der Waals surface area contributed by atoms with Gasteiger partial charge in [0.25, 0.3) is 0 Å². The number of nitrogens with zero attached hydrogens (tertiary/aromatic N) is 4. The summed E-state index contributed by atoms with van der Waals surface area (Å²) in [6.45, 7) is 9.68. The zero-order valence-corrected chi connectivity index (χ0v) is 12.4. The van der Waals surface area contributed by atoms with Crippen LogP contribution in [0.3, 0.4) is 0 Å². The van der Waals surface area contributed by atoms with Gasteiger partial charge in [-0.1, -0.05) is 0 Å². The van der Waals surface area contributed by atoms with Gasteiger partial charge in [-0.05, 0) is 26.8 Å². The molecule has 6 heteroatoms. The molecule has 1 heterocycles. The van der Waals surface area contributed by atoms with Crippen LogP contribution < -0.4 is 4.90 Å². The maximum Gasteiger partial charge on any atom is 0.226 e.